The minimum atomic E-state index is -1.42. The number of hydrogen-bond donors (Lipinski definition) is 1. The van der Waals surface area contributed by atoms with Crippen molar-refractivity contribution in [3.05, 3.63) is 29.6 Å². The summed E-state index contributed by atoms with van der Waals surface area (Å²) < 4.78 is 19.6. The van der Waals surface area contributed by atoms with Crippen LogP contribution in [0.25, 0.3) is 0 Å². The van der Waals surface area contributed by atoms with Gasteiger partial charge in [-0.1, -0.05) is 11.2 Å². The highest BCUT2D eigenvalue weighted by atomic mass is 19.1. The molecule has 0 aliphatic heterocycles. The molecule has 1 heterocycles. The highest BCUT2D eigenvalue weighted by Gasteiger charge is 2.18. The van der Waals surface area contributed by atoms with Gasteiger partial charge in [-0.2, -0.15) is 4.68 Å². The summed E-state index contributed by atoms with van der Waals surface area (Å²) in [6.07, 6.45) is 0. The van der Waals surface area contributed by atoms with Crippen LogP contribution in [-0.4, -0.2) is 31.3 Å². The molecule has 1 aromatic carbocycles. The van der Waals surface area contributed by atoms with Crippen LogP contribution < -0.4 is 4.74 Å². The summed E-state index contributed by atoms with van der Waals surface area (Å²) in [7, 11) is 1.51. The number of ether oxygens (including phenoxy) is 1. The molecule has 0 radical (unpaired) electrons. The molecule has 0 bridgehead atoms. The molecule has 0 saturated heterocycles. The maximum Gasteiger partial charge on any atom is 0.342 e. The quantitative estimate of drug-likeness (QED) is 0.852. The Morgan fingerprint density at radius 3 is 2.88 bits per heavy atom. The molecular weight excluding hydrogens is 231 g/mol. The van der Waals surface area contributed by atoms with Gasteiger partial charge in [-0.25, -0.2) is 9.18 Å². The van der Waals surface area contributed by atoms with E-state index in [1.165, 1.54) is 23.9 Å². The van der Waals surface area contributed by atoms with Crippen molar-refractivity contribution in [2.24, 2.45) is 7.05 Å². The van der Waals surface area contributed by atoms with Crippen LogP contribution >= 0.6 is 0 Å². The number of benzene rings is 1. The fourth-order valence-corrected chi connectivity index (χ4v) is 1.20. The normalized spacial score (nSPS) is 10.2. The third-order valence-electron chi connectivity index (χ3n) is 1.97. The van der Waals surface area contributed by atoms with Crippen LogP contribution in [0.15, 0.2) is 18.2 Å². The van der Waals surface area contributed by atoms with Crippen LogP contribution in [0.4, 0.5) is 4.39 Å². The van der Waals surface area contributed by atoms with E-state index in [1.54, 1.807) is 0 Å². The van der Waals surface area contributed by atoms with E-state index in [4.69, 9.17) is 9.84 Å². The van der Waals surface area contributed by atoms with E-state index in [-0.39, 0.29) is 11.8 Å². The van der Waals surface area contributed by atoms with Gasteiger partial charge in [-0.15, -0.1) is 0 Å². The van der Waals surface area contributed by atoms with Crippen molar-refractivity contribution in [3.8, 4) is 11.8 Å². The van der Waals surface area contributed by atoms with Gasteiger partial charge in [-0.05, 0) is 22.6 Å². The summed E-state index contributed by atoms with van der Waals surface area (Å²) in [4.78, 5) is 10.9. The van der Waals surface area contributed by atoms with E-state index in [1.807, 2.05) is 0 Å². The van der Waals surface area contributed by atoms with Gasteiger partial charge in [0, 0.05) is 7.05 Å². The number of rotatable bonds is 3. The van der Waals surface area contributed by atoms with Crippen LogP contribution in [0.3, 0.4) is 0 Å². The molecule has 0 saturated carbocycles. The topological polar surface area (TPSA) is 90.1 Å². The number of halogens is 1. The number of aromatic carboxylic acids is 1. The van der Waals surface area contributed by atoms with Crippen molar-refractivity contribution in [1.82, 2.24) is 20.2 Å². The average molecular weight is 238 g/mol. The zero-order valence-corrected chi connectivity index (χ0v) is 8.66. The van der Waals surface area contributed by atoms with Crippen LogP contribution in [0.5, 0.6) is 11.8 Å². The van der Waals surface area contributed by atoms with E-state index in [2.05, 4.69) is 15.5 Å². The SMILES string of the molecule is Cn1nnnc1Oc1cccc(F)c1C(=O)O. The molecule has 7 nitrogen and oxygen atoms in total. The van der Waals surface area contributed by atoms with Gasteiger partial charge in [0.1, 0.15) is 17.1 Å². The predicted octanol–water partition coefficient (Wildman–Crippen LogP) is 0.840. The van der Waals surface area contributed by atoms with Crippen molar-refractivity contribution in [2.45, 2.75) is 0 Å². The Balaban J connectivity index is 2.43. The zero-order valence-electron chi connectivity index (χ0n) is 8.66. The highest BCUT2D eigenvalue weighted by molar-refractivity contribution is 5.91. The van der Waals surface area contributed by atoms with E-state index < -0.39 is 17.3 Å². The van der Waals surface area contributed by atoms with Gasteiger partial charge in [0.2, 0.25) is 0 Å². The molecule has 0 aliphatic rings. The number of tetrazole rings is 1. The number of carboxylic acids is 1. The van der Waals surface area contributed by atoms with Crippen LogP contribution in [0, 0.1) is 5.82 Å². The van der Waals surface area contributed by atoms with Crippen molar-refractivity contribution in [1.29, 1.82) is 0 Å². The molecule has 0 amide bonds. The van der Waals surface area contributed by atoms with Gasteiger partial charge < -0.3 is 9.84 Å². The number of carbonyl (C=O) groups is 1. The molecule has 1 aromatic heterocycles. The standard InChI is InChI=1S/C9H7FN4O3/c1-14-9(11-12-13-14)17-6-4-2-3-5(10)7(6)8(15)16/h2-4H,1H3,(H,15,16). The summed E-state index contributed by atoms with van der Waals surface area (Å²) in [6.45, 7) is 0. The van der Waals surface area contributed by atoms with Crippen LogP contribution in [0.1, 0.15) is 10.4 Å². The number of aryl methyl sites for hydroxylation is 1. The molecule has 8 heteroatoms. The third kappa shape index (κ3) is 2.05. The van der Waals surface area contributed by atoms with E-state index >= 15 is 0 Å². The summed E-state index contributed by atoms with van der Waals surface area (Å²) >= 11 is 0. The van der Waals surface area contributed by atoms with Gasteiger partial charge in [0.05, 0.1) is 0 Å². The first kappa shape index (κ1) is 11.0. The fraction of sp³-hybridized carbons (Fsp3) is 0.111. The molecular formula is C9H7FN4O3. The molecule has 0 aliphatic carbocycles. The fourth-order valence-electron chi connectivity index (χ4n) is 1.20. The maximum atomic E-state index is 13.3. The largest absolute Gasteiger partial charge is 0.477 e. The summed E-state index contributed by atoms with van der Waals surface area (Å²) in [5.74, 6) is -2.46. The Morgan fingerprint density at radius 2 is 2.29 bits per heavy atom. The first-order chi connectivity index (χ1) is 8.09. The lowest BCUT2D eigenvalue weighted by Gasteiger charge is -2.06. The maximum absolute atomic E-state index is 13.3. The van der Waals surface area contributed by atoms with Crippen LogP contribution in [0.2, 0.25) is 0 Å². The Labute approximate surface area is 94.4 Å². The highest BCUT2D eigenvalue weighted by Crippen LogP contribution is 2.25. The second kappa shape index (κ2) is 4.16. The molecule has 0 atom stereocenters. The molecule has 1 N–H and O–H groups in total. The lowest BCUT2D eigenvalue weighted by atomic mass is 10.2. The number of hydrogen-bond acceptors (Lipinski definition) is 5. The van der Waals surface area contributed by atoms with Crippen molar-refractivity contribution in [2.75, 3.05) is 0 Å². The summed E-state index contributed by atoms with van der Waals surface area (Å²) in [5.41, 5.74) is -0.560. The zero-order chi connectivity index (χ0) is 12.4. The van der Waals surface area contributed by atoms with Crippen molar-refractivity contribution < 1.29 is 19.0 Å². The van der Waals surface area contributed by atoms with E-state index in [0.717, 1.165) is 6.07 Å². The molecule has 2 aromatic rings. The monoisotopic (exact) mass is 238 g/mol. The molecule has 17 heavy (non-hydrogen) atoms. The second-order valence-electron chi connectivity index (χ2n) is 3.11. The van der Waals surface area contributed by atoms with E-state index in [0.29, 0.717) is 0 Å². The molecule has 0 spiro atoms. The first-order valence-electron chi connectivity index (χ1n) is 4.51. The van der Waals surface area contributed by atoms with Gasteiger partial charge in [0.25, 0.3) is 0 Å². The number of carboxylic acid groups (broad SMARTS) is 1. The smallest absolute Gasteiger partial charge is 0.342 e. The van der Waals surface area contributed by atoms with Crippen molar-refractivity contribution >= 4 is 5.97 Å². The van der Waals surface area contributed by atoms with Gasteiger partial charge >= 0.3 is 12.0 Å². The lowest BCUT2D eigenvalue weighted by molar-refractivity contribution is 0.0688. The van der Waals surface area contributed by atoms with Gasteiger partial charge in [-0.3, -0.25) is 0 Å². The Hall–Kier alpha value is -2.51. The number of aromatic nitrogens is 4. The lowest BCUT2D eigenvalue weighted by Crippen LogP contribution is -2.05. The molecule has 88 valence electrons. The molecule has 0 fully saturated rings. The van der Waals surface area contributed by atoms with E-state index in [9.17, 15) is 9.18 Å². The van der Waals surface area contributed by atoms with Gasteiger partial charge in [0.15, 0.2) is 0 Å². The Kier molecular flexibility index (Phi) is 2.69. The first-order valence-corrected chi connectivity index (χ1v) is 4.51. The summed E-state index contributed by atoms with van der Waals surface area (Å²) in [6, 6.07) is 3.66. The Bertz CT molecular complexity index is 569. The summed E-state index contributed by atoms with van der Waals surface area (Å²) in [5, 5.41) is 19.2. The predicted molar refractivity (Wildman–Crippen MR) is 52.2 cm³/mol. The molecule has 0 unspecified atom stereocenters. The molecule has 2 rings (SSSR count). The van der Waals surface area contributed by atoms with Crippen molar-refractivity contribution in [3.63, 3.8) is 0 Å². The minimum absolute atomic E-state index is 0.0295. The average Bonchev–Trinajstić information content (AvgIpc) is 2.64. The van der Waals surface area contributed by atoms with Crippen LogP contribution in [-0.2, 0) is 7.05 Å². The second-order valence-corrected chi connectivity index (χ2v) is 3.11. The third-order valence-corrected chi connectivity index (χ3v) is 1.97. The number of nitrogens with zero attached hydrogens (tertiary/aromatic N) is 4. The Morgan fingerprint density at radius 1 is 1.53 bits per heavy atom. The minimum Gasteiger partial charge on any atom is -0.477 e.